The Morgan fingerprint density at radius 2 is 2.08 bits per heavy atom. The van der Waals surface area contributed by atoms with E-state index in [2.05, 4.69) is 54.5 Å². The Balaban J connectivity index is 1.99. The monoisotopic (exact) mass is 213 g/mol. The molecule has 0 radical (unpaired) electrons. The third-order valence-corrected chi connectivity index (χ3v) is 5.95. The summed E-state index contributed by atoms with van der Waals surface area (Å²) in [5, 5.41) is 0. The summed E-state index contributed by atoms with van der Waals surface area (Å²) < 4.78 is 0.628. The van der Waals surface area contributed by atoms with Gasteiger partial charge in [-0.05, 0) is 17.5 Å². The van der Waals surface area contributed by atoms with Crippen molar-refractivity contribution in [2.24, 2.45) is 5.41 Å². The first kappa shape index (κ1) is 9.53. The summed E-state index contributed by atoms with van der Waals surface area (Å²) in [5.41, 5.74) is 1.88. The first-order valence-corrected chi connectivity index (χ1v) is 6.64. The Kier molecular flexibility index (Phi) is 2.65. The number of nitrogens with one attached hydrogen (secondary N) is 1. The van der Waals surface area contributed by atoms with Crippen molar-refractivity contribution in [3.05, 3.63) is 24.0 Å². The Bertz CT molecular complexity index is 256. The number of H-pyrrole nitrogens is 1. The molecule has 0 bridgehead atoms. The highest BCUT2D eigenvalue weighted by atomic mass is 32.2. The molecular formula is C10H15NS2. The number of aromatic nitrogens is 1. The maximum absolute atomic E-state index is 3.29. The van der Waals surface area contributed by atoms with Crippen LogP contribution in [0.1, 0.15) is 24.1 Å². The summed E-state index contributed by atoms with van der Waals surface area (Å²) in [4.78, 5) is 3.29. The highest BCUT2D eigenvalue weighted by Gasteiger charge is 2.28. The van der Waals surface area contributed by atoms with Crippen LogP contribution in [-0.4, -0.2) is 16.5 Å². The van der Waals surface area contributed by atoms with Gasteiger partial charge in [0.25, 0.3) is 0 Å². The van der Waals surface area contributed by atoms with Crippen LogP contribution in [0.25, 0.3) is 0 Å². The SMILES string of the molecule is CC1(C)CSC(c2ccc[nH]2)SC1. The lowest BCUT2D eigenvalue weighted by molar-refractivity contribution is 0.488. The summed E-state index contributed by atoms with van der Waals surface area (Å²) in [7, 11) is 0. The molecule has 1 N–H and O–H groups in total. The molecule has 13 heavy (non-hydrogen) atoms. The predicted molar refractivity (Wildman–Crippen MR) is 62.2 cm³/mol. The molecule has 2 heterocycles. The van der Waals surface area contributed by atoms with Crippen LogP contribution in [0.15, 0.2) is 18.3 Å². The van der Waals surface area contributed by atoms with Gasteiger partial charge in [0.15, 0.2) is 0 Å². The summed E-state index contributed by atoms with van der Waals surface area (Å²) in [5.74, 6) is 2.54. The van der Waals surface area contributed by atoms with E-state index >= 15 is 0 Å². The summed E-state index contributed by atoms with van der Waals surface area (Å²) in [6.45, 7) is 4.69. The first-order chi connectivity index (χ1) is 6.17. The largest absolute Gasteiger partial charge is 0.363 e. The van der Waals surface area contributed by atoms with E-state index in [0.29, 0.717) is 10.00 Å². The molecule has 0 amide bonds. The van der Waals surface area contributed by atoms with E-state index in [1.54, 1.807) is 0 Å². The van der Waals surface area contributed by atoms with Crippen molar-refractivity contribution in [2.75, 3.05) is 11.5 Å². The van der Waals surface area contributed by atoms with Crippen LogP contribution in [0, 0.1) is 5.41 Å². The standard InChI is InChI=1S/C10H15NS2/c1-10(2)6-12-9(13-7-10)8-4-3-5-11-8/h3-5,9,11H,6-7H2,1-2H3. The van der Waals surface area contributed by atoms with Crippen LogP contribution in [-0.2, 0) is 0 Å². The number of thioether (sulfide) groups is 2. The van der Waals surface area contributed by atoms with Crippen molar-refractivity contribution in [3.63, 3.8) is 0 Å². The van der Waals surface area contributed by atoms with Crippen molar-refractivity contribution < 1.29 is 0 Å². The van der Waals surface area contributed by atoms with Crippen LogP contribution in [0.5, 0.6) is 0 Å². The zero-order chi connectivity index (χ0) is 9.31. The molecule has 0 spiro atoms. The van der Waals surface area contributed by atoms with Crippen molar-refractivity contribution in [1.29, 1.82) is 0 Å². The number of hydrogen-bond donors (Lipinski definition) is 1. The Hall–Kier alpha value is -0.0200. The first-order valence-electron chi connectivity index (χ1n) is 4.54. The lowest BCUT2D eigenvalue weighted by atomic mass is 10.0. The minimum Gasteiger partial charge on any atom is -0.363 e. The van der Waals surface area contributed by atoms with E-state index in [1.807, 2.05) is 6.20 Å². The Labute approximate surface area is 88.1 Å². The van der Waals surface area contributed by atoms with E-state index in [4.69, 9.17) is 0 Å². The average molecular weight is 213 g/mol. The van der Waals surface area contributed by atoms with E-state index < -0.39 is 0 Å². The molecule has 1 nitrogen and oxygen atoms in total. The molecule has 0 aromatic carbocycles. The van der Waals surface area contributed by atoms with Crippen molar-refractivity contribution in [1.82, 2.24) is 4.98 Å². The molecular weight excluding hydrogens is 198 g/mol. The summed E-state index contributed by atoms with van der Waals surface area (Å²) >= 11 is 4.12. The van der Waals surface area contributed by atoms with Gasteiger partial charge in [-0.3, -0.25) is 0 Å². The minimum atomic E-state index is 0.512. The van der Waals surface area contributed by atoms with Gasteiger partial charge in [-0.15, -0.1) is 23.5 Å². The van der Waals surface area contributed by atoms with Gasteiger partial charge in [-0.2, -0.15) is 0 Å². The molecule has 0 saturated carbocycles. The quantitative estimate of drug-likeness (QED) is 0.768. The third kappa shape index (κ3) is 2.26. The van der Waals surface area contributed by atoms with Gasteiger partial charge in [0.1, 0.15) is 0 Å². The van der Waals surface area contributed by atoms with E-state index in [0.717, 1.165) is 0 Å². The van der Waals surface area contributed by atoms with Crippen LogP contribution < -0.4 is 0 Å². The number of rotatable bonds is 1. The Morgan fingerprint density at radius 3 is 2.62 bits per heavy atom. The van der Waals surface area contributed by atoms with Crippen molar-refractivity contribution in [3.8, 4) is 0 Å². The van der Waals surface area contributed by atoms with Crippen LogP contribution in [0.2, 0.25) is 0 Å². The third-order valence-electron chi connectivity index (χ3n) is 2.13. The van der Waals surface area contributed by atoms with Gasteiger partial charge in [0.05, 0.1) is 4.58 Å². The van der Waals surface area contributed by atoms with Gasteiger partial charge in [0, 0.05) is 23.4 Å². The molecule has 0 aliphatic carbocycles. The molecule has 1 aliphatic heterocycles. The second-order valence-corrected chi connectivity index (χ2v) is 6.73. The lowest BCUT2D eigenvalue weighted by Gasteiger charge is -2.32. The smallest absolute Gasteiger partial charge is 0.0900 e. The fourth-order valence-electron chi connectivity index (χ4n) is 1.36. The zero-order valence-corrected chi connectivity index (χ0v) is 9.67. The Morgan fingerprint density at radius 1 is 1.38 bits per heavy atom. The number of aromatic amines is 1. The average Bonchev–Trinajstić information content (AvgIpc) is 2.56. The highest BCUT2D eigenvalue weighted by molar-refractivity contribution is 8.16. The van der Waals surface area contributed by atoms with Gasteiger partial charge in [-0.1, -0.05) is 13.8 Å². The maximum Gasteiger partial charge on any atom is 0.0900 e. The van der Waals surface area contributed by atoms with Gasteiger partial charge >= 0.3 is 0 Å². The maximum atomic E-state index is 3.29. The topological polar surface area (TPSA) is 15.8 Å². The van der Waals surface area contributed by atoms with E-state index in [9.17, 15) is 0 Å². The molecule has 3 heteroatoms. The number of hydrogen-bond acceptors (Lipinski definition) is 2. The van der Waals surface area contributed by atoms with Gasteiger partial charge < -0.3 is 4.98 Å². The molecule has 2 rings (SSSR count). The summed E-state index contributed by atoms with van der Waals surface area (Å²) in [6, 6.07) is 4.26. The molecule has 1 aromatic rings. The molecule has 1 aromatic heterocycles. The molecule has 0 unspecified atom stereocenters. The molecule has 0 atom stereocenters. The fourth-order valence-corrected chi connectivity index (χ4v) is 4.35. The van der Waals surface area contributed by atoms with Gasteiger partial charge in [0.2, 0.25) is 0 Å². The molecule has 1 saturated heterocycles. The van der Waals surface area contributed by atoms with E-state index in [-0.39, 0.29) is 0 Å². The van der Waals surface area contributed by atoms with E-state index in [1.165, 1.54) is 17.2 Å². The van der Waals surface area contributed by atoms with Crippen LogP contribution in [0.3, 0.4) is 0 Å². The van der Waals surface area contributed by atoms with Crippen LogP contribution in [0.4, 0.5) is 0 Å². The zero-order valence-electron chi connectivity index (χ0n) is 8.04. The second-order valence-electron chi connectivity index (χ2n) is 4.24. The van der Waals surface area contributed by atoms with Crippen molar-refractivity contribution in [2.45, 2.75) is 18.4 Å². The highest BCUT2D eigenvalue weighted by Crippen LogP contribution is 2.48. The second kappa shape index (κ2) is 3.62. The van der Waals surface area contributed by atoms with Crippen LogP contribution >= 0.6 is 23.5 Å². The normalized spacial score (nSPS) is 23.2. The fraction of sp³-hybridized carbons (Fsp3) is 0.600. The van der Waals surface area contributed by atoms with Crippen molar-refractivity contribution >= 4 is 23.5 Å². The molecule has 1 fully saturated rings. The predicted octanol–water partition coefficient (Wildman–Crippen LogP) is 3.52. The minimum absolute atomic E-state index is 0.512. The molecule has 1 aliphatic rings. The summed E-state index contributed by atoms with van der Waals surface area (Å²) in [6.07, 6.45) is 2.01. The lowest BCUT2D eigenvalue weighted by Crippen LogP contribution is -2.23. The molecule has 72 valence electrons. The van der Waals surface area contributed by atoms with Gasteiger partial charge in [-0.25, -0.2) is 0 Å².